The minimum absolute atomic E-state index is 0.0558. The van der Waals surface area contributed by atoms with Crippen LogP contribution in [0.25, 0.3) is 0 Å². The van der Waals surface area contributed by atoms with Gasteiger partial charge in [-0.2, -0.15) is 0 Å². The molecule has 1 heterocycles. The molecule has 27 heavy (non-hydrogen) atoms. The molecule has 0 aliphatic carbocycles. The number of hydrogen-bond donors (Lipinski definition) is 2. The number of aryl methyl sites for hydroxylation is 1. The Kier molecular flexibility index (Phi) is 8.48. The summed E-state index contributed by atoms with van der Waals surface area (Å²) in [6.07, 6.45) is 3.50. The standard InChI is InChI=1S/C21H29N3O2S/c1-4-5-7-16-9-11-17(12-10-16)21(18-8-6-13-27-18)23-14-20(26)24(3)15-19(25)22-2/h6,8-13,21,23H,4-5,7,14-15H2,1-3H3,(H,22,25)/p+1/t21-/m1/s1. The number of carbonyl (C=O) groups excluding carboxylic acids is 2. The van der Waals surface area contributed by atoms with Crippen molar-refractivity contribution in [3.05, 3.63) is 57.8 Å². The number of nitrogens with zero attached hydrogens (tertiary/aromatic N) is 1. The van der Waals surface area contributed by atoms with E-state index in [9.17, 15) is 9.59 Å². The summed E-state index contributed by atoms with van der Waals surface area (Å²) in [5.41, 5.74) is 2.55. The van der Waals surface area contributed by atoms with Crippen molar-refractivity contribution in [3.8, 4) is 0 Å². The van der Waals surface area contributed by atoms with E-state index < -0.39 is 0 Å². The van der Waals surface area contributed by atoms with E-state index in [1.807, 2.05) is 6.07 Å². The number of carbonyl (C=O) groups is 2. The minimum Gasteiger partial charge on any atom is -0.358 e. The molecule has 2 amide bonds. The maximum absolute atomic E-state index is 12.4. The highest BCUT2D eigenvalue weighted by Gasteiger charge is 2.22. The molecule has 1 aromatic heterocycles. The highest BCUT2D eigenvalue weighted by molar-refractivity contribution is 7.10. The molecule has 146 valence electrons. The predicted molar refractivity (Wildman–Crippen MR) is 110 cm³/mol. The van der Waals surface area contributed by atoms with Crippen LogP contribution in [0.5, 0.6) is 0 Å². The molecule has 0 radical (unpaired) electrons. The lowest BCUT2D eigenvalue weighted by Gasteiger charge is -2.19. The molecule has 0 saturated heterocycles. The van der Waals surface area contributed by atoms with Gasteiger partial charge in [-0.15, -0.1) is 11.3 Å². The van der Waals surface area contributed by atoms with E-state index >= 15 is 0 Å². The molecule has 5 nitrogen and oxygen atoms in total. The van der Waals surface area contributed by atoms with Gasteiger partial charge < -0.3 is 15.5 Å². The SMILES string of the molecule is CCCCc1ccc([C@@H]([NH2+]CC(=O)N(C)CC(=O)NC)c2cccs2)cc1. The lowest BCUT2D eigenvalue weighted by Crippen LogP contribution is -2.87. The molecule has 0 aliphatic rings. The molecule has 1 atom stereocenters. The summed E-state index contributed by atoms with van der Waals surface area (Å²) in [6.45, 7) is 2.58. The number of rotatable bonds is 10. The van der Waals surface area contributed by atoms with Crippen molar-refractivity contribution in [2.24, 2.45) is 0 Å². The van der Waals surface area contributed by atoms with Crippen molar-refractivity contribution in [1.82, 2.24) is 10.2 Å². The molecule has 1 aromatic carbocycles. The molecule has 0 saturated carbocycles. The van der Waals surface area contributed by atoms with Gasteiger partial charge in [0.2, 0.25) is 5.91 Å². The normalized spacial score (nSPS) is 11.8. The van der Waals surface area contributed by atoms with E-state index in [0.29, 0.717) is 6.54 Å². The van der Waals surface area contributed by atoms with Gasteiger partial charge in [-0.3, -0.25) is 9.59 Å². The van der Waals surface area contributed by atoms with Gasteiger partial charge in [-0.25, -0.2) is 0 Å². The van der Waals surface area contributed by atoms with Crippen molar-refractivity contribution >= 4 is 23.2 Å². The van der Waals surface area contributed by atoms with Crippen LogP contribution in [0.4, 0.5) is 0 Å². The molecular formula is C21H30N3O2S+. The van der Waals surface area contributed by atoms with Gasteiger partial charge in [0.25, 0.3) is 5.91 Å². The van der Waals surface area contributed by atoms with Crippen LogP contribution in [-0.2, 0) is 16.0 Å². The largest absolute Gasteiger partial charge is 0.358 e. The molecule has 2 aromatic rings. The Morgan fingerprint density at radius 1 is 1.22 bits per heavy atom. The molecule has 0 unspecified atom stereocenters. The Hall–Kier alpha value is -2.18. The lowest BCUT2D eigenvalue weighted by atomic mass is 10.0. The lowest BCUT2D eigenvalue weighted by molar-refractivity contribution is -0.676. The van der Waals surface area contributed by atoms with Gasteiger partial charge in [-0.1, -0.05) is 43.7 Å². The summed E-state index contributed by atoms with van der Waals surface area (Å²) >= 11 is 1.70. The molecule has 2 rings (SSSR count). The minimum atomic E-state index is -0.164. The summed E-state index contributed by atoms with van der Waals surface area (Å²) in [6, 6.07) is 13.0. The van der Waals surface area contributed by atoms with Crippen LogP contribution < -0.4 is 10.6 Å². The first kappa shape index (κ1) is 21.1. The van der Waals surface area contributed by atoms with Crippen molar-refractivity contribution in [2.75, 3.05) is 27.2 Å². The van der Waals surface area contributed by atoms with Crippen LogP contribution in [0.3, 0.4) is 0 Å². The van der Waals surface area contributed by atoms with E-state index in [-0.39, 0.29) is 24.4 Å². The highest BCUT2D eigenvalue weighted by atomic mass is 32.1. The third-order valence-corrected chi connectivity index (χ3v) is 5.58. The second-order valence-electron chi connectivity index (χ2n) is 6.70. The summed E-state index contributed by atoms with van der Waals surface area (Å²) in [5, 5.41) is 6.65. The second-order valence-corrected chi connectivity index (χ2v) is 7.68. The number of thiophene rings is 1. The smallest absolute Gasteiger partial charge is 0.277 e. The number of hydrogen-bond acceptors (Lipinski definition) is 3. The molecule has 0 spiro atoms. The monoisotopic (exact) mass is 388 g/mol. The Morgan fingerprint density at radius 2 is 1.96 bits per heavy atom. The van der Waals surface area contributed by atoms with Crippen molar-refractivity contribution in [1.29, 1.82) is 0 Å². The third kappa shape index (κ3) is 6.48. The summed E-state index contributed by atoms with van der Waals surface area (Å²) in [4.78, 5) is 26.5. The third-order valence-electron chi connectivity index (χ3n) is 4.62. The van der Waals surface area contributed by atoms with Gasteiger partial charge in [0.1, 0.15) is 6.04 Å². The summed E-state index contributed by atoms with van der Waals surface area (Å²) < 4.78 is 0. The van der Waals surface area contributed by atoms with Crippen LogP contribution in [0.15, 0.2) is 41.8 Å². The molecule has 6 heteroatoms. The van der Waals surface area contributed by atoms with Gasteiger partial charge in [0.15, 0.2) is 6.54 Å². The summed E-state index contributed by atoms with van der Waals surface area (Å²) in [7, 11) is 3.23. The number of likely N-dealkylation sites (N-methyl/N-ethyl adjacent to an activating group) is 2. The fourth-order valence-corrected chi connectivity index (χ4v) is 3.76. The fourth-order valence-electron chi connectivity index (χ4n) is 2.91. The molecule has 0 fully saturated rings. The van der Waals surface area contributed by atoms with Gasteiger partial charge >= 0.3 is 0 Å². The zero-order valence-electron chi connectivity index (χ0n) is 16.4. The fraction of sp³-hybridized carbons (Fsp3) is 0.429. The van der Waals surface area contributed by atoms with Crippen LogP contribution in [0.1, 0.15) is 41.8 Å². The van der Waals surface area contributed by atoms with Crippen molar-refractivity contribution in [3.63, 3.8) is 0 Å². The zero-order chi connectivity index (χ0) is 19.6. The van der Waals surface area contributed by atoms with Gasteiger partial charge in [-0.05, 0) is 29.9 Å². The number of quaternary nitrogens is 1. The number of nitrogens with one attached hydrogen (secondary N) is 1. The average Bonchev–Trinajstić information content (AvgIpc) is 3.21. The zero-order valence-corrected chi connectivity index (χ0v) is 17.2. The second kappa shape index (κ2) is 10.8. The molecule has 3 N–H and O–H groups in total. The van der Waals surface area contributed by atoms with E-state index in [2.05, 4.69) is 53.3 Å². The predicted octanol–water partition coefficient (Wildman–Crippen LogP) is 1.95. The van der Waals surface area contributed by atoms with E-state index in [1.165, 1.54) is 33.7 Å². The van der Waals surface area contributed by atoms with E-state index in [4.69, 9.17) is 0 Å². The van der Waals surface area contributed by atoms with Crippen LogP contribution in [0, 0.1) is 0 Å². The van der Waals surface area contributed by atoms with Gasteiger partial charge in [0.05, 0.1) is 11.4 Å². The Morgan fingerprint density at radius 3 is 2.56 bits per heavy atom. The number of nitrogens with two attached hydrogens (primary N) is 1. The Labute approximate surface area is 165 Å². The quantitative estimate of drug-likeness (QED) is 0.653. The van der Waals surface area contributed by atoms with Crippen molar-refractivity contribution < 1.29 is 14.9 Å². The van der Waals surface area contributed by atoms with Crippen LogP contribution in [-0.4, -0.2) is 43.9 Å². The van der Waals surface area contributed by atoms with Crippen molar-refractivity contribution in [2.45, 2.75) is 32.2 Å². The first-order valence-electron chi connectivity index (χ1n) is 9.45. The first-order valence-corrected chi connectivity index (χ1v) is 10.3. The molecular weight excluding hydrogens is 358 g/mol. The number of unbranched alkanes of at least 4 members (excludes halogenated alkanes) is 1. The average molecular weight is 389 g/mol. The molecule has 0 aliphatic heterocycles. The maximum atomic E-state index is 12.4. The van der Waals surface area contributed by atoms with Crippen LogP contribution >= 0.6 is 11.3 Å². The highest BCUT2D eigenvalue weighted by Crippen LogP contribution is 2.23. The first-order chi connectivity index (χ1) is 13.0. The van der Waals surface area contributed by atoms with E-state index in [1.54, 1.807) is 25.4 Å². The maximum Gasteiger partial charge on any atom is 0.277 e. The Bertz CT molecular complexity index is 714. The van der Waals surface area contributed by atoms with E-state index in [0.717, 1.165) is 6.42 Å². The number of amides is 2. The molecule has 0 bridgehead atoms. The topological polar surface area (TPSA) is 66.0 Å². The van der Waals surface area contributed by atoms with Crippen LogP contribution in [0.2, 0.25) is 0 Å². The number of benzene rings is 1. The summed E-state index contributed by atoms with van der Waals surface area (Å²) in [5.74, 6) is -0.219. The Balaban J connectivity index is 2.05. The van der Waals surface area contributed by atoms with Gasteiger partial charge in [0, 0.05) is 19.7 Å².